The van der Waals surface area contributed by atoms with Crippen molar-refractivity contribution in [2.45, 2.75) is 53.5 Å². The van der Waals surface area contributed by atoms with Crippen LogP contribution in [0.15, 0.2) is 206 Å². The van der Waals surface area contributed by atoms with Crippen molar-refractivity contribution < 1.29 is 0 Å². The van der Waals surface area contributed by atoms with Crippen molar-refractivity contribution in [3.05, 3.63) is 233 Å². The molecule has 7 aromatic rings. The van der Waals surface area contributed by atoms with Gasteiger partial charge in [-0.1, -0.05) is 171 Å². The minimum atomic E-state index is 0.00389. The van der Waals surface area contributed by atoms with E-state index in [4.69, 9.17) is 0 Å². The van der Waals surface area contributed by atoms with Gasteiger partial charge in [0.05, 0.1) is 11.7 Å². The van der Waals surface area contributed by atoms with Gasteiger partial charge in [0, 0.05) is 28.3 Å². The van der Waals surface area contributed by atoms with Crippen molar-refractivity contribution in [3.63, 3.8) is 0 Å². The molecule has 0 amide bonds. The molecule has 0 saturated heterocycles. The van der Waals surface area contributed by atoms with Gasteiger partial charge in [0.1, 0.15) is 0 Å². The van der Waals surface area contributed by atoms with E-state index in [9.17, 15) is 0 Å². The molecule has 2 heteroatoms. The second-order valence-electron chi connectivity index (χ2n) is 16.0. The number of hydrogen-bond acceptors (Lipinski definition) is 2. The molecule has 0 fully saturated rings. The molecule has 0 heterocycles. The molecular weight excluding hydrogens is 749 g/mol. The van der Waals surface area contributed by atoms with Gasteiger partial charge in [0.25, 0.3) is 0 Å². The SMILES string of the molecule is C/C=c1/cccc/c1=C/C(C)N(c1cccc(-c2cccc(N(C3=C(C)CC=Cc4ccccc43)c3ccccc3)c2)c1)c1cc(C(/C=C\CC)=C/C)cc(-c2ccccc2)c1. The number of nitrogens with zero attached hydrogens (tertiary/aromatic N) is 2. The fourth-order valence-electron chi connectivity index (χ4n) is 8.70. The van der Waals surface area contributed by atoms with Gasteiger partial charge in [-0.05, 0) is 150 Å². The standard InChI is InChI=1S/C60H56N2/c1-6-9-24-47(8-3)53-39-54(48-26-12-10-13-27-48)43-58(42-53)61(45(5)38-50-29-17-16-25-46(50)7-2)56-35-21-31-51(40-56)52-32-22-36-57(41-52)62(55-33-14-11-15-34-55)60-44(4)23-20-30-49-28-18-19-37-59(49)60/h7-22,24-43,45H,6,23H2,1-5H3/b24-9-,46-7-,47-8+,50-38-. The fraction of sp³-hybridized carbons (Fsp3) is 0.133. The quantitative estimate of drug-likeness (QED) is 0.114. The Hall–Kier alpha value is -7.16. The minimum Gasteiger partial charge on any atom is -0.335 e. The lowest BCUT2D eigenvalue weighted by atomic mass is 9.96. The highest BCUT2D eigenvalue weighted by molar-refractivity contribution is 5.93. The van der Waals surface area contributed by atoms with E-state index in [2.05, 4.69) is 263 Å². The Morgan fingerprint density at radius 2 is 1.21 bits per heavy atom. The van der Waals surface area contributed by atoms with Crippen molar-refractivity contribution in [2.24, 2.45) is 0 Å². The molecule has 62 heavy (non-hydrogen) atoms. The van der Waals surface area contributed by atoms with Crippen molar-refractivity contribution in [2.75, 3.05) is 9.80 Å². The van der Waals surface area contributed by atoms with Gasteiger partial charge in [-0.15, -0.1) is 0 Å². The summed E-state index contributed by atoms with van der Waals surface area (Å²) in [5, 5.41) is 2.45. The fourth-order valence-corrected chi connectivity index (χ4v) is 8.70. The summed E-state index contributed by atoms with van der Waals surface area (Å²) in [7, 11) is 0. The van der Waals surface area contributed by atoms with E-state index in [0.717, 1.165) is 46.7 Å². The normalized spacial score (nSPS) is 13.9. The Morgan fingerprint density at radius 3 is 1.94 bits per heavy atom. The maximum absolute atomic E-state index is 2.51. The monoisotopic (exact) mass is 804 g/mol. The Bertz CT molecular complexity index is 2910. The predicted octanol–water partition coefficient (Wildman–Crippen LogP) is 15.2. The van der Waals surface area contributed by atoms with Gasteiger partial charge in [-0.3, -0.25) is 0 Å². The molecule has 0 bridgehead atoms. The van der Waals surface area contributed by atoms with Crippen LogP contribution < -0.4 is 20.2 Å². The summed E-state index contributed by atoms with van der Waals surface area (Å²) in [6.07, 6.45) is 17.7. The number of allylic oxidation sites excluding steroid dienone is 6. The van der Waals surface area contributed by atoms with E-state index in [1.54, 1.807) is 0 Å². The lowest BCUT2D eigenvalue weighted by Crippen LogP contribution is -2.32. The van der Waals surface area contributed by atoms with E-state index < -0.39 is 0 Å². The van der Waals surface area contributed by atoms with Crippen LogP contribution in [0.1, 0.15) is 64.2 Å². The second-order valence-corrected chi connectivity index (χ2v) is 16.0. The first kappa shape index (κ1) is 41.6. The van der Waals surface area contributed by atoms with Crippen LogP contribution in [0.3, 0.4) is 0 Å². The lowest BCUT2D eigenvalue weighted by molar-refractivity contribution is 0.900. The summed E-state index contributed by atoms with van der Waals surface area (Å²) in [5.74, 6) is 0. The second kappa shape index (κ2) is 19.5. The lowest BCUT2D eigenvalue weighted by Gasteiger charge is -2.32. The molecule has 2 nitrogen and oxygen atoms in total. The van der Waals surface area contributed by atoms with Crippen molar-refractivity contribution in [1.82, 2.24) is 0 Å². The first-order chi connectivity index (χ1) is 30.4. The first-order valence-corrected chi connectivity index (χ1v) is 22.0. The van der Waals surface area contributed by atoms with Crippen LogP contribution in [0.2, 0.25) is 0 Å². The Kier molecular flexibility index (Phi) is 13.1. The molecular formula is C60H56N2. The summed E-state index contributed by atoms with van der Waals surface area (Å²) >= 11 is 0. The average molecular weight is 805 g/mol. The minimum absolute atomic E-state index is 0.00389. The third kappa shape index (κ3) is 9.11. The molecule has 0 spiro atoms. The molecule has 0 aromatic heterocycles. The van der Waals surface area contributed by atoms with Crippen LogP contribution in [0.4, 0.5) is 22.7 Å². The van der Waals surface area contributed by atoms with Gasteiger partial charge in [-0.25, -0.2) is 0 Å². The molecule has 8 rings (SSSR count). The van der Waals surface area contributed by atoms with Crippen molar-refractivity contribution in [3.8, 4) is 22.3 Å². The van der Waals surface area contributed by atoms with Gasteiger partial charge < -0.3 is 9.80 Å². The van der Waals surface area contributed by atoms with Crippen molar-refractivity contribution >= 4 is 52.2 Å². The zero-order chi connectivity index (χ0) is 42.8. The van der Waals surface area contributed by atoms with E-state index >= 15 is 0 Å². The highest BCUT2D eigenvalue weighted by Gasteiger charge is 2.23. The van der Waals surface area contributed by atoms with E-state index in [-0.39, 0.29) is 6.04 Å². The first-order valence-electron chi connectivity index (χ1n) is 22.0. The summed E-state index contributed by atoms with van der Waals surface area (Å²) < 4.78 is 0. The molecule has 1 aliphatic carbocycles. The van der Waals surface area contributed by atoms with Crippen LogP contribution in [0.25, 0.3) is 51.8 Å². The summed E-state index contributed by atoms with van der Waals surface area (Å²) in [5.41, 5.74) is 16.6. The molecule has 306 valence electrons. The van der Waals surface area contributed by atoms with Crippen molar-refractivity contribution in [1.29, 1.82) is 0 Å². The molecule has 0 radical (unpaired) electrons. The molecule has 1 aliphatic rings. The summed E-state index contributed by atoms with van der Waals surface area (Å²) in [4.78, 5) is 4.95. The summed E-state index contributed by atoms with van der Waals surface area (Å²) in [6.45, 7) is 11.0. The van der Waals surface area contributed by atoms with Gasteiger partial charge in [-0.2, -0.15) is 0 Å². The molecule has 0 N–H and O–H groups in total. The third-order valence-electron chi connectivity index (χ3n) is 11.8. The number of fused-ring (bicyclic) bond motifs is 1. The van der Waals surface area contributed by atoms with Crippen LogP contribution in [-0.2, 0) is 0 Å². The Labute approximate surface area is 369 Å². The number of hydrogen-bond donors (Lipinski definition) is 0. The third-order valence-corrected chi connectivity index (χ3v) is 11.8. The number of anilines is 4. The highest BCUT2D eigenvalue weighted by Crippen LogP contribution is 2.42. The average Bonchev–Trinajstić information content (AvgIpc) is 3.48. The molecule has 1 atom stereocenters. The Morgan fingerprint density at radius 1 is 0.597 bits per heavy atom. The highest BCUT2D eigenvalue weighted by atomic mass is 15.2. The number of benzene rings is 7. The van der Waals surface area contributed by atoms with Crippen LogP contribution in [0.5, 0.6) is 0 Å². The predicted molar refractivity (Wildman–Crippen MR) is 270 cm³/mol. The van der Waals surface area contributed by atoms with Crippen LogP contribution >= 0.6 is 0 Å². The molecule has 7 aromatic carbocycles. The molecule has 0 aliphatic heterocycles. The smallest absolute Gasteiger partial charge is 0.0532 e. The molecule has 0 saturated carbocycles. The number of rotatable bonds is 12. The molecule has 1 unspecified atom stereocenters. The maximum Gasteiger partial charge on any atom is 0.0532 e. The van der Waals surface area contributed by atoms with E-state index in [0.29, 0.717) is 0 Å². The zero-order valence-electron chi connectivity index (χ0n) is 36.7. The van der Waals surface area contributed by atoms with Gasteiger partial charge in [0.15, 0.2) is 0 Å². The van der Waals surface area contributed by atoms with Gasteiger partial charge in [0.2, 0.25) is 0 Å². The zero-order valence-corrected chi connectivity index (χ0v) is 36.7. The van der Waals surface area contributed by atoms with Crippen LogP contribution in [-0.4, -0.2) is 6.04 Å². The number of para-hydroxylation sites is 1. The summed E-state index contributed by atoms with van der Waals surface area (Å²) in [6, 6.07) is 64.2. The Balaban J connectivity index is 1.30. The van der Waals surface area contributed by atoms with Crippen LogP contribution in [0, 0.1) is 0 Å². The van der Waals surface area contributed by atoms with E-state index in [1.165, 1.54) is 55.1 Å². The largest absolute Gasteiger partial charge is 0.335 e. The topological polar surface area (TPSA) is 6.48 Å². The maximum atomic E-state index is 2.51. The van der Waals surface area contributed by atoms with E-state index in [1.807, 2.05) is 0 Å². The van der Waals surface area contributed by atoms with Gasteiger partial charge >= 0.3 is 0 Å².